The number of aliphatic hydroxyl groups is 1. The number of fused-ring (bicyclic) bond motifs is 1. The number of hydrogen-bond acceptors (Lipinski definition) is 6. The first-order valence-electron chi connectivity index (χ1n) is 12.2. The molecule has 8 heteroatoms. The first-order valence-corrected chi connectivity index (χ1v) is 12.2. The molecule has 3 aromatic rings. The van der Waals surface area contributed by atoms with Gasteiger partial charge in [-0.2, -0.15) is 0 Å². The van der Waals surface area contributed by atoms with Crippen LogP contribution in [-0.2, 0) is 4.74 Å². The molecule has 188 valence electrons. The highest BCUT2D eigenvalue weighted by atomic mass is 19.1. The molecular formula is C28H30F2N4O2. The Balaban J connectivity index is 0.00000148. The zero-order valence-electron chi connectivity index (χ0n) is 20.7. The summed E-state index contributed by atoms with van der Waals surface area (Å²) < 4.78 is 35.2. The second-order valence-electron chi connectivity index (χ2n) is 8.36. The molecule has 1 saturated heterocycles. The van der Waals surface area contributed by atoms with Crippen molar-refractivity contribution in [1.29, 1.82) is 0 Å². The standard InChI is InChI=1S/C26H24F2N4O2.C2H6/c1-16-4-2-3-7-29-24(16)26(33)20-13-19(21(27)14-22(20)28)25-18-6-5-17(12-23(18)30-15-31-25)32-8-10-34-11-9-32;1-2/h2-3,5-7,12-15,26,33H,4,8-11H2,1H3;1-2H3. The van der Waals surface area contributed by atoms with Crippen molar-refractivity contribution in [2.75, 3.05) is 31.2 Å². The molecule has 0 radical (unpaired) electrons. The molecule has 5 rings (SSSR count). The summed E-state index contributed by atoms with van der Waals surface area (Å²) in [6, 6.07) is 7.84. The fourth-order valence-corrected chi connectivity index (χ4v) is 4.33. The van der Waals surface area contributed by atoms with Crippen LogP contribution in [-0.4, -0.2) is 47.6 Å². The second-order valence-corrected chi connectivity index (χ2v) is 8.36. The van der Waals surface area contributed by atoms with E-state index in [1.54, 1.807) is 12.3 Å². The van der Waals surface area contributed by atoms with Crippen LogP contribution in [0.3, 0.4) is 0 Å². The topological polar surface area (TPSA) is 70.8 Å². The molecule has 1 aromatic heterocycles. The molecule has 0 saturated carbocycles. The molecule has 1 unspecified atom stereocenters. The molecule has 2 aliphatic rings. The zero-order chi connectivity index (χ0) is 25.7. The molecular weight excluding hydrogens is 462 g/mol. The lowest BCUT2D eigenvalue weighted by atomic mass is 9.97. The number of aliphatic hydroxyl groups excluding tert-OH is 1. The molecule has 2 aliphatic heterocycles. The zero-order valence-corrected chi connectivity index (χ0v) is 20.7. The van der Waals surface area contributed by atoms with E-state index < -0.39 is 17.7 Å². The number of allylic oxidation sites excluding steroid dienone is 3. The van der Waals surface area contributed by atoms with Crippen molar-refractivity contribution in [3.05, 3.63) is 77.3 Å². The van der Waals surface area contributed by atoms with Gasteiger partial charge in [0.2, 0.25) is 0 Å². The molecule has 1 atom stereocenters. The minimum Gasteiger partial charge on any atom is -0.382 e. The summed E-state index contributed by atoms with van der Waals surface area (Å²) in [6.07, 6.45) is 5.85. The minimum atomic E-state index is -1.34. The number of benzene rings is 2. The van der Waals surface area contributed by atoms with Gasteiger partial charge in [-0.25, -0.2) is 18.7 Å². The molecule has 6 nitrogen and oxygen atoms in total. The monoisotopic (exact) mass is 492 g/mol. The Morgan fingerprint density at radius 1 is 1.03 bits per heavy atom. The summed E-state index contributed by atoms with van der Waals surface area (Å²) in [6.45, 7) is 8.72. The van der Waals surface area contributed by atoms with Crippen LogP contribution >= 0.6 is 0 Å². The van der Waals surface area contributed by atoms with Gasteiger partial charge < -0.3 is 14.7 Å². The number of hydrogen-bond donors (Lipinski definition) is 1. The van der Waals surface area contributed by atoms with Gasteiger partial charge in [-0.3, -0.25) is 4.99 Å². The third-order valence-electron chi connectivity index (χ3n) is 6.19. The smallest absolute Gasteiger partial charge is 0.135 e. The predicted molar refractivity (Wildman–Crippen MR) is 139 cm³/mol. The van der Waals surface area contributed by atoms with Crippen LogP contribution in [0.15, 0.2) is 65.1 Å². The highest BCUT2D eigenvalue weighted by Crippen LogP contribution is 2.35. The van der Waals surface area contributed by atoms with E-state index in [9.17, 15) is 9.50 Å². The van der Waals surface area contributed by atoms with E-state index >= 15 is 4.39 Å². The maximum absolute atomic E-state index is 15.0. The van der Waals surface area contributed by atoms with Crippen LogP contribution < -0.4 is 4.90 Å². The van der Waals surface area contributed by atoms with Crippen LogP contribution in [0, 0.1) is 11.6 Å². The summed E-state index contributed by atoms with van der Waals surface area (Å²) in [5.41, 5.74) is 3.19. The Labute approximate surface area is 209 Å². The van der Waals surface area contributed by atoms with Crippen LogP contribution in [0.1, 0.15) is 38.9 Å². The first kappa shape index (κ1) is 25.6. The van der Waals surface area contributed by atoms with Crippen LogP contribution in [0.4, 0.5) is 14.5 Å². The highest BCUT2D eigenvalue weighted by molar-refractivity contribution is 5.94. The molecule has 0 spiro atoms. The van der Waals surface area contributed by atoms with Gasteiger partial charge in [0.05, 0.1) is 30.1 Å². The number of anilines is 1. The number of halogens is 2. The van der Waals surface area contributed by atoms with E-state index in [0.717, 1.165) is 30.4 Å². The van der Waals surface area contributed by atoms with Crippen molar-refractivity contribution in [3.63, 3.8) is 0 Å². The summed E-state index contributed by atoms with van der Waals surface area (Å²) >= 11 is 0. The number of aliphatic imine (C=N–C) groups is 1. The summed E-state index contributed by atoms with van der Waals surface area (Å²) in [5.74, 6) is -1.60. The van der Waals surface area contributed by atoms with Crippen molar-refractivity contribution in [3.8, 4) is 11.3 Å². The van der Waals surface area contributed by atoms with E-state index in [0.29, 0.717) is 41.9 Å². The molecule has 36 heavy (non-hydrogen) atoms. The van der Waals surface area contributed by atoms with Gasteiger partial charge in [-0.15, -0.1) is 0 Å². The number of ether oxygens (including phenoxy) is 1. The largest absolute Gasteiger partial charge is 0.382 e. The van der Waals surface area contributed by atoms with Gasteiger partial charge in [0.1, 0.15) is 24.1 Å². The lowest BCUT2D eigenvalue weighted by Gasteiger charge is -2.29. The van der Waals surface area contributed by atoms with Crippen LogP contribution in [0.5, 0.6) is 0 Å². The fraction of sp³-hybridized carbons (Fsp3) is 0.321. The van der Waals surface area contributed by atoms with Crippen molar-refractivity contribution in [2.45, 2.75) is 33.3 Å². The van der Waals surface area contributed by atoms with E-state index in [2.05, 4.69) is 19.9 Å². The predicted octanol–water partition coefficient (Wildman–Crippen LogP) is 5.78. The fourth-order valence-electron chi connectivity index (χ4n) is 4.33. The molecule has 3 heterocycles. The highest BCUT2D eigenvalue weighted by Gasteiger charge is 2.23. The maximum Gasteiger partial charge on any atom is 0.135 e. The van der Waals surface area contributed by atoms with E-state index in [-0.39, 0.29) is 11.1 Å². The minimum absolute atomic E-state index is 0.0542. The quantitative estimate of drug-likeness (QED) is 0.500. The van der Waals surface area contributed by atoms with Crippen molar-refractivity contribution < 1.29 is 18.6 Å². The Bertz CT molecular complexity index is 1330. The van der Waals surface area contributed by atoms with Gasteiger partial charge in [-0.1, -0.05) is 19.9 Å². The summed E-state index contributed by atoms with van der Waals surface area (Å²) in [4.78, 5) is 15.2. The average Bonchev–Trinajstić information content (AvgIpc) is 3.13. The van der Waals surface area contributed by atoms with Crippen LogP contribution in [0.25, 0.3) is 22.2 Å². The van der Waals surface area contributed by atoms with E-state index in [1.165, 1.54) is 12.4 Å². The van der Waals surface area contributed by atoms with Crippen molar-refractivity contribution >= 4 is 22.8 Å². The Morgan fingerprint density at radius 3 is 2.58 bits per heavy atom. The normalized spacial score (nSPS) is 16.6. The lowest BCUT2D eigenvalue weighted by Crippen LogP contribution is -2.36. The van der Waals surface area contributed by atoms with Crippen molar-refractivity contribution in [2.24, 2.45) is 4.99 Å². The van der Waals surface area contributed by atoms with Gasteiger partial charge >= 0.3 is 0 Å². The molecule has 0 aliphatic carbocycles. The summed E-state index contributed by atoms with van der Waals surface area (Å²) in [7, 11) is 0. The third-order valence-corrected chi connectivity index (χ3v) is 6.19. The van der Waals surface area contributed by atoms with Gasteiger partial charge in [-0.05, 0) is 49.3 Å². The number of rotatable bonds is 4. The average molecular weight is 493 g/mol. The van der Waals surface area contributed by atoms with Crippen LogP contribution in [0.2, 0.25) is 0 Å². The molecule has 1 fully saturated rings. The van der Waals surface area contributed by atoms with E-state index in [4.69, 9.17) is 4.74 Å². The Kier molecular flexibility index (Phi) is 8.18. The van der Waals surface area contributed by atoms with Gasteiger partial charge in [0, 0.05) is 47.6 Å². The number of aromatic nitrogens is 2. The number of nitrogens with zero attached hydrogens (tertiary/aromatic N) is 4. The van der Waals surface area contributed by atoms with Crippen molar-refractivity contribution in [1.82, 2.24) is 9.97 Å². The second kappa shape index (κ2) is 11.5. The van der Waals surface area contributed by atoms with Gasteiger partial charge in [0.25, 0.3) is 0 Å². The summed E-state index contributed by atoms with van der Waals surface area (Å²) in [5, 5.41) is 11.6. The SMILES string of the molecule is CC.CC1=C(C(O)c2cc(-c3ncnc4cc(N5CCOCC5)ccc34)c(F)cc2F)N=CC=CC1. The lowest BCUT2D eigenvalue weighted by molar-refractivity contribution is 0.122. The number of morpholine rings is 1. The van der Waals surface area contributed by atoms with Gasteiger partial charge in [0.15, 0.2) is 0 Å². The Morgan fingerprint density at radius 2 is 1.81 bits per heavy atom. The van der Waals surface area contributed by atoms with E-state index in [1.807, 2.05) is 45.0 Å². The third kappa shape index (κ3) is 5.20. The maximum atomic E-state index is 15.0. The molecule has 2 aromatic carbocycles. The molecule has 1 N–H and O–H groups in total. The first-order chi connectivity index (χ1) is 17.5. The Hall–Kier alpha value is -3.49. The molecule has 0 bridgehead atoms. The molecule has 0 amide bonds.